The van der Waals surface area contributed by atoms with Gasteiger partial charge in [0.15, 0.2) is 0 Å². The van der Waals surface area contributed by atoms with E-state index in [9.17, 15) is 14.0 Å². The van der Waals surface area contributed by atoms with Crippen molar-refractivity contribution in [3.63, 3.8) is 0 Å². The normalized spacial score (nSPS) is 14.9. The number of halogens is 1. The molecule has 0 saturated carbocycles. The van der Waals surface area contributed by atoms with Crippen LogP contribution in [0.3, 0.4) is 0 Å². The van der Waals surface area contributed by atoms with Crippen LogP contribution in [0.2, 0.25) is 0 Å². The minimum Gasteiger partial charge on any atom is -0.290 e. The molecule has 0 unspecified atom stereocenters. The standard InChI is InChI=1S/C10H7FO2/c1-5-2-7-6(8(11)3-5)4-9(12)10(7)13/h2-3H,4H2,1H3. The fraction of sp³-hybridized carbons (Fsp3) is 0.200. The third-order valence-corrected chi connectivity index (χ3v) is 2.18. The van der Waals surface area contributed by atoms with Crippen LogP contribution in [0.5, 0.6) is 0 Å². The Morgan fingerprint density at radius 3 is 2.69 bits per heavy atom. The van der Waals surface area contributed by atoms with Gasteiger partial charge in [-0.2, -0.15) is 0 Å². The third kappa shape index (κ3) is 1.08. The second-order valence-corrected chi connectivity index (χ2v) is 3.20. The van der Waals surface area contributed by atoms with E-state index in [1.165, 1.54) is 6.07 Å². The number of fused-ring (bicyclic) bond motifs is 1. The summed E-state index contributed by atoms with van der Waals surface area (Å²) in [6.07, 6.45) is -0.0831. The van der Waals surface area contributed by atoms with Crippen molar-refractivity contribution in [2.45, 2.75) is 13.3 Å². The van der Waals surface area contributed by atoms with E-state index in [4.69, 9.17) is 0 Å². The molecule has 0 saturated heterocycles. The van der Waals surface area contributed by atoms with Gasteiger partial charge in [-0.25, -0.2) is 4.39 Å². The number of hydrogen-bond donors (Lipinski definition) is 0. The molecule has 0 spiro atoms. The van der Waals surface area contributed by atoms with E-state index >= 15 is 0 Å². The maximum atomic E-state index is 13.2. The highest BCUT2D eigenvalue weighted by Crippen LogP contribution is 2.23. The molecule has 0 N–H and O–H groups in total. The van der Waals surface area contributed by atoms with Gasteiger partial charge in [-0.15, -0.1) is 0 Å². The third-order valence-electron chi connectivity index (χ3n) is 2.18. The summed E-state index contributed by atoms with van der Waals surface area (Å²) in [6.45, 7) is 1.69. The highest BCUT2D eigenvalue weighted by Gasteiger charge is 2.30. The van der Waals surface area contributed by atoms with Crippen molar-refractivity contribution in [2.24, 2.45) is 0 Å². The Bertz CT molecular complexity index is 421. The first-order chi connectivity index (χ1) is 6.09. The second kappa shape index (κ2) is 2.49. The molecule has 66 valence electrons. The van der Waals surface area contributed by atoms with Crippen molar-refractivity contribution in [3.8, 4) is 0 Å². The summed E-state index contributed by atoms with van der Waals surface area (Å²) in [5.41, 5.74) is 1.16. The van der Waals surface area contributed by atoms with Crippen molar-refractivity contribution in [1.29, 1.82) is 0 Å². The zero-order valence-electron chi connectivity index (χ0n) is 7.06. The summed E-state index contributed by atoms with van der Waals surface area (Å²) < 4.78 is 13.2. The molecular weight excluding hydrogens is 171 g/mol. The van der Waals surface area contributed by atoms with Crippen LogP contribution in [0.4, 0.5) is 4.39 Å². The number of aryl methyl sites for hydroxylation is 1. The molecule has 0 aliphatic heterocycles. The van der Waals surface area contributed by atoms with E-state index in [0.29, 0.717) is 5.56 Å². The molecule has 1 aliphatic rings. The molecule has 1 aliphatic carbocycles. The monoisotopic (exact) mass is 178 g/mol. The molecular formula is C10H7FO2. The number of benzene rings is 1. The van der Waals surface area contributed by atoms with E-state index in [-0.39, 0.29) is 17.5 Å². The van der Waals surface area contributed by atoms with Gasteiger partial charge >= 0.3 is 0 Å². The molecule has 0 amide bonds. The predicted molar refractivity (Wildman–Crippen MR) is 44.2 cm³/mol. The number of hydrogen-bond acceptors (Lipinski definition) is 2. The molecule has 2 rings (SSSR count). The van der Waals surface area contributed by atoms with Crippen LogP contribution in [0.15, 0.2) is 12.1 Å². The van der Waals surface area contributed by atoms with E-state index in [0.717, 1.165) is 0 Å². The Balaban J connectivity index is 2.70. The largest absolute Gasteiger partial charge is 0.290 e. The molecule has 0 heterocycles. The van der Waals surface area contributed by atoms with Gasteiger partial charge in [0.2, 0.25) is 11.6 Å². The van der Waals surface area contributed by atoms with Crippen LogP contribution in [0, 0.1) is 12.7 Å². The molecule has 1 aromatic rings. The highest BCUT2D eigenvalue weighted by atomic mass is 19.1. The zero-order chi connectivity index (χ0) is 9.59. The number of rotatable bonds is 0. The van der Waals surface area contributed by atoms with Crippen molar-refractivity contribution >= 4 is 11.6 Å². The van der Waals surface area contributed by atoms with Gasteiger partial charge in [0.1, 0.15) is 5.82 Å². The number of ketones is 2. The minimum absolute atomic E-state index is 0.0831. The summed E-state index contributed by atoms with van der Waals surface area (Å²) in [5, 5.41) is 0. The van der Waals surface area contributed by atoms with E-state index in [2.05, 4.69) is 0 Å². The lowest BCUT2D eigenvalue weighted by molar-refractivity contribution is -0.114. The average Bonchev–Trinajstić information content (AvgIpc) is 2.32. The van der Waals surface area contributed by atoms with E-state index in [1.54, 1.807) is 13.0 Å². The Hall–Kier alpha value is -1.51. The van der Waals surface area contributed by atoms with Gasteiger partial charge in [0.05, 0.1) is 0 Å². The van der Waals surface area contributed by atoms with Crippen LogP contribution < -0.4 is 0 Å². The minimum atomic E-state index is -0.558. The van der Waals surface area contributed by atoms with E-state index < -0.39 is 17.4 Å². The lowest BCUT2D eigenvalue weighted by Crippen LogP contribution is -2.05. The molecule has 1 aromatic carbocycles. The number of carbonyl (C=O) groups is 2. The maximum Gasteiger partial charge on any atom is 0.229 e. The first-order valence-electron chi connectivity index (χ1n) is 3.96. The van der Waals surface area contributed by atoms with Crippen LogP contribution in [0.25, 0.3) is 0 Å². The number of Topliss-reactive ketones (excluding diaryl/α,β-unsaturated/α-hetero) is 2. The average molecular weight is 178 g/mol. The van der Waals surface area contributed by atoms with Crippen molar-refractivity contribution in [2.75, 3.05) is 0 Å². The Kier molecular flexibility index (Phi) is 1.55. The summed E-state index contributed by atoms with van der Waals surface area (Å²) in [5.74, 6) is -1.52. The Labute approximate surface area is 74.4 Å². The number of carbonyl (C=O) groups excluding carboxylic acids is 2. The Morgan fingerprint density at radius 1 is 1.31 bits per heavy atom. The topological polar surface area (TPSA) is 34.1 Å². The van der Waals surface area contributed by atoms with Crippen molar-refractivity contribution < 1.29 is 14.0 Å². The quantitative estimate of drug-likeness (QED) is 0.563. The fourth-order valence-electron chi connectivity index (χ4n) is 1.55. The fourth-order valence-corrected chi connectivity index (χ4v) is 1.55. The smallest absolute Gasteiger partial charge is 0.229 e. The molecule has 0 atom stereocenters. The first-order valence-corrected chi connectivity index (χ1v) is 3.96. The summed E-state index contributed by atoms with van der Waals surface area (Å²) in [7, 11) is 0. The summed E-state index contributed by atoms with van der Waals surface area (Å²) >= 11 is 0. The van der Waals surface area contributed by atoms with Gasteiger partial charge in [-0.1, -0.05) is 0 Å². The van der Waals surface area contributed by atoms with Crippen molar-refractivity contribution in [1.82, 2.24) is 0 Å². The molecule has 2 nitrogen and oxygen atoms in total. The van der Waals surface area contributed by atoms with Crippen LogP contribution in [-0.4, -0.2) is 11.6 Å². The predicted octanol–water partition coefficient (Wildman–Crippen LogP) is 1.44. The maximum absolute atomic E-state index is 13.2. The molecule has 13 heavy (non-hydrogen) atoms. The first kappa shape index (κ1) is 8.10. The molecule has 0 aromatic heterocycles. The lowest BCUT2D eigenvalue weighted by atomic mass is 10.1. The second-order valence-electron chi connectivity index (χ2n) is 3.20. The molecule has 0 bridgehead atoms. The highest BCUT2D eigenvalue weighted by molar-refractivity contribution is 6.47. The van der Waals surface area contributed by atoms with Crippen LogP contribution >= 0.6 is 0 Å². The van der Waals surface area contributed by atoms with Crippen molar-refractivity contribution in [3.05, 3.63) is 34.6 Å². The lowest BCUT2D eigenvalue weighted by Gasteiger charge is -1.99. The van der Waals surface area contributed by atoms with Gasteiger partial charge in [-0.05, 0) is 24.6 Å². The summed E-state index contributed by atoms with van der Waals surface area (Å²) in [6, 6.07) is 2.90. The molecule has 0 fully saturated rings. The SMILES string of the molecule is Cc1cc(F)c2c(c1)C(=O)C(=O)C2. The molecule has 0 radical (unpaired) electrons. The van der Waals surface area contributed by atoms with E-state index in [1.807, 2.05) is 0 Å². The van der Waals surface area contributed by atoms with Gasteiger partial charge in [-0.3, -0.25) is 9.59 Å². The van der Waals surface area contributed by atoms with Gasteiger partial charge < -0.3 is 0 Å². The van der Waals surface area contributed by atoms with Crippen LogP contribution in [0.1, 0.15) is 21.5 Å². The Morgan fingerprint density at radius 2 is 2.00 bits per heavy atom. The van der Waals surface area contributed by atoms with Crippen LogP contribution in [-0.2, 0) is 11.2 Å². The molecule has 3 heteroatoms. The van der Waals surface area contributed by atoms with Gasteiger partial charge in [0.25, 0.3) is 0 Å². The van der Waals surface area contributed by atoms with Gasteiger partial charge in [0, 0.05) is 17.5 Å². The summed E-state index contributed by atoms with van der Waals surface area (Å²) in [4.78, 5) is 22.2. The zero-order valence-corrected chi connectivity index (χ0v) is 7.06.